The Kier molecular flexibility index (Phi) is 2.01. The number of benzene rings is 1. The van der Waals surface area contributed by atoms with Gasteiger partial charge >= 0.3 is 0 Å². The van der Waals surface area contributed by atoms with E-state index in [0.29, 0.717) is 17.7 Å². The predicted molar refractivity (Wildman–Crippen MR) is 58.6 cm³/mol. The summed E-state index contributed by atoms with van der Waals surface area (Å²) in [6.07, 6.45) is 0.382. The molecule has 2 aliphatic rings. The van der Waals surface area contributed by atoms with Crippen molar-refractivity contribution in [2.45, 2.75) is 24.1 Å². The fourth-order valence-corrected chi connectivity index (χ4v) is 3.60. The zero-order valence-corrected chi connectivity index (χ0v) is 9.35. The first-order chi connectivity index (χ1) is 7.58. The highest BCUT2D eigenvalue weighted by molar-refractivity contribution is 8.02. The van der Waals surface area contributed by atoms with Gasteiger partial charge in [0, 0.05) is 18.1 Å². The average Bonchev–Trinajstić information content (AvgIpc) is 2.20. The summed E-state index contributed by atoms with van der Waals surface area (Å²) in [5.74, 6) is -1.95. The molecule has 0 N–H and O–H groups in total. The van der Waals surface area contributed by atoms with Crippen LogP contribution in [0.25, 0.3) is 0 Å². The Morgan fingerprint density at radius 2 is 2.06 bits per heavy atom. The van der Waals surface area contributed by atoms with Crippen LogP contribution in [0.3, 0.4) is 0 Å². The standard InChI is InChI=1S/C11H9F2NOS/c1-5-14-9-3-8(13)7(12)2-6(9)10(15)4-11(14)16-5/h2-3,5,11H,4H2,1H3. The number of fused-ring (bicyclic) bond motifs is 3. The lowest BCUT2D eigenvalue weighted by Crippen LogP contribution is -2.53. The summed E-state index contributed by atoms with van der Waals surface area (Å²) in [7, 11) is 0. The lowest BCUT2D eigenvalue weighted by Gasteiger charge is -2.50. The summed E-state index contributed by atoms with van der Waals surface area (Å²) in [6, 6.07) is 2.14. The van der Waals surface area contributed by atoms with Crippen molar-refractivity contribution in [1.82, 2.24) is 0 Å². The second kappa shape index (κ2) is 3.20. The Morgan fingerprint density at radius 3 is 2.75 bits per heavy atom. The highest BCUT2D eigenvalue weighted by Gasteiger charge is 2.43. The van der Waals surface area contributed by atoms with Gasteiger partial charge in [-0.3, -0.25) is 4.79 Å². The van der Waals surface area contributed by atoms with Gasteiger partial charge in [0.2, 0.25) is 0 Å². The summed E-state index contributed by atoms with van der Waals surface area (Å²) >= 11 is 1.68. The van der Waals surface area contributed by atoms with E-state index in [2.05, 4.69) is 0 Å². The van der Waals surface area contributed by atoms with E-state index in [1.165, 1.54) is 0 Å². The smallest absolute Gasteiger partial charge is 0.167 e. The quantitative estimate of drug-likeness (QED) is 0.696. The molecule has 1 saturated heterocycles. The van der Waals surface area contributed by atoms with E-state index in [1.807, 2.05) is 11.8 Å². The molecule has 2 atom stereocenters. The normalized spacial score (nSPS) is 27.2. The molecule has 84 valence electrons. The number of thioether (sulfide) groups is 1. The minimum absolute atomic E-state index is 0.0971. The molecule has 2 unspecified atom stereocenters. The number of hydrogen-bond donors (Lipinski definition) is 0. The molecule has 0 spiro atoms. The summed E-state index contributed by atoms with van der Waals surface area (Å²) in [6.45, 7) is 1.99. The van der Waals surface area contributed by atoms with E-state index in [1.54, 1.807) is 11.8 Å². The minimum Gasteiger partial charge on any atom is -0.347 e. The first-order valence-corrected chi connectivity index (χ1v) is 5.98. The third kappa shape index (κ3) is 1.21. The molecule has 16 heavy (non-hydrogen) atoms. The molecule has 0 bridgehead atoms. The molecule has 0 saturated carbocycles. The second-order valence-corrected chi connectivity index (χ2v) is 5.51. The van der Waals surface area contributed by atoms with Gasteiger partial charge in [-0.25, -0.2) is 8.78 Å². The van der Waals surface area contributed by atoms with Crippen LogP contribution in [0.15, 0.2) is 12.1 Å². The maximum absolute atomic E-state index is 13.2. The Labute approximate surface area is 95.6 Å². The van der Waals surface area contributed by atoms with Crippen molar-refractivity contribution in [1.29, 1.82) is 0 Å². The van der Waals surface area contributed by atoms with Crippen molar-refractivity contribution in [3.63, 3.8) is 0 Å². The first kappa shape index (κ1) is 10.1. The Balaban J connectivity index is 2.17. The third-order valence-corrected chi connectivity index (χ3v) is 4.36. The fourth-order valence-electron chi connectivity index (χ4n) is 2.27. The number of ketones is 1. The van der Waals surface area contributed by atoms with Gasteiger partial charge in [-0.2, -0.15) is 0 Å². The molecule has 0 amide bonds. The van der Waals surface area contributed by atoms with Crippen LogP contribution in [0, 0.1) is 11.6 Å². The SMILES string of the molecule is CC1SC2CC(=O)c3cc(F)c(F)cc3N12. The van der Waals surface area contributed by atoms with Crippen LogP contribution in [0.4, 0.5) is 14.5 Å². The van der Waals surface area contributed by atoms with Crippen molar-refractivity contribution < 1.29 is 13.6 Å². The van der Waals surface area contributed by atoms with Crippen LogP contribution in [-0.4, -0.2) is 16.5 Å². The number of anilines is 1. The van der Waals surface area contributed by atoms with Crippen molar-refractivity contribution in [2.24, 2.45) is 0 Å². The number of carbonyl (C=O) groups excluding carboxylic acids is 1. The lowest BCUT2D eigenvalue weighted by atomic mass is 9.99. The summed E-state index contributed by atoms with van der Waals surface area (Å²) in [5, 5.41) is 0.321. The van der Waals surface area contributed by atoms with E-state index in [0.717, 1.165) is 12.1 Å². The molecule has 5 heteroatoms. The number of halogens is 2. The van der Waals surface area contributed by atoms with Gasteiger partial charge in [-0.1, -0.05) is 0 Å². The predicted octanol–water partition coefficient (Wildman–Crippen LogP) is 2.78. The number of hydrogen-bond acceptors (Lipinski definition) is 3. The van der Waals surface area contributed by atoms with Crippen molar-refractivity contribution in [3.8, 4) is 0 Å². The molecule has 1 fully saturated rings. The summed E-state index contributed by atoms with van der Waals surface area (Å²) < 4.78 is 26.2. The van der Waals surface area contributed by atoms with Gasteiger partial charge in [-0.15, -0.1) is 11.8 Å². The van der Waals surface area contributed by atoms with Gasteiger partial charge in [0.05, 0.1) is 16.4 Å². The Morgan fingerprint density at radius 1 is 1.38 bits per heavy atom. The van der Waals surface area contributed by atoms with Crippen LogP contribution in [-0.2, 0) is 0 Å². The topological polar surface area (TPSA) is 20.3 Å². The molecule has 0 radical (unpaired) electrons. The van der Waals surface area contributed by atoms with Crippen LogP contribution in [0.2, 0.25) is 0 Å². The fraction of sp³-hybridized carbons (Fsp3) is 0.364. The average molecular weight is 241 g/mol. The van der Waals surface area contributed by atoms with E-state index in [9.17, 15) is 13.6 Å². The van der Waals surface area contributed by atoms with Crippen LogP contribution in [0.1, 0.15) is 23.7 Å². The van der Waals surface area contributed by atoms with Gasteiger partial charge in [-0.05, 0) is 13.0 Å². The zero-order chi connectivity index (χ0) is 11.4. The second-order valence-electron chi connectivity index (χ2n) is 4.01. The largest absolute Gasteiger partial charge is 0.347 e. The number of carbonyl (C=O) groups is 1. The molecule has 0 aliphatic carbocycles. The van der Waals surface area contributed by atoms with Crippen LogP contribution < -0.4 is 4.90 Å². The molecule has 0 aromatic heterocycles. The Hall–Kier alpha value is -1.10. The molecular formula is C11H9F2NOS. The minimum atomic E-state index is -0.952. The monoisotopic (exact) mass is 241 g/mol. The molecule has 1 aromatic carbocycles. The van der Waals surface area contributed by atoms with Crippen LogP contribution >= 0.6 is 11.8 Å². The first-order valence-electron chi connectivity index (χ1n) is 5.04. The summed E-state index contributed by atoms with van der Waals surface area (Å²) in [5.41, 5.74) is 0.841. The van der Waals surface area contributed by atoms with Gasteiger partial charge in [0.15, 0.2) is 17.4 Å². The molecule has 2 aliphatic heterocycles. The number of nitrogens with zero attached hydrogens (tertiary/aromatic N) is 1. The van der Waals surface area contributed by atoms with Crippen LogP contribution in [0.5, 0.6) is 0 Å². The van der Waals surface area contributed by atoms with E-state index < -0.39 is 11.6 Å². The van der Waals surface area contributed by atoms with E-state index in [4.69, 9.17) is 0 Å². The van der Waals surface area contributed by atoms with E-state index >= 15 is 0 Å². The zero-order valence-electron chi connectivity index (χ0n) is 8.54. The molecule has 3 rings (SSSR count). The number of Topliss-reactive ketones (excluding diaryl/α,β-unsaturated/α-hetero) is 1. The summed E-state index contributed by atoms with van der Waals surface area (Å²) in [4.78, 5) is 13.7. The molecule has 2 heterocycles. The van der Waals surface area contributed by atoms with Crippen molar-refractivity contribution >= 4 is 23.2 Å². The van der Waals surface area contributed by atoms with E-state index in [-0.39, 0.29) is 16.5 Å². The molecule has 2 nitrogen and oxygen atoms in total. The van der Waals surface area contributed by atoms with Crippen molar-refractivity contribution in [3.05, 3.63) is 29.3 Å². The van der Waals surface area contributed by atoms with Gasteiger partial charge in [0.1, 0.15) is 0 Å². The van der Waals surface area contributed by atoms with Gasteiger partial charge < -0.3 is 4.90 Å². The van der Waals surface area contributed by atoms with Crippen molar-refractivity contribution in [2.75, 3.05) is 4.90 Å². The highest BCUT2D eigenvalue weighted by atomic mass is 32.2. The maximum Gasteiger partial charge on any atom is 0.167 e. The third-order valence-electron chi connectivity index (χ3n) is 3.03. The maximum atomic E-state index is 13.2. The Bertz CT molecular complexity index is 491. The molecule has 1 aromatic rings. The number of rotatable bonds is 0. The van der Waals surface area contributed by atoms with Gasteiger partial charge in [0.25, 0.3) is 0 Å². The molecular weight excluding hydrogens is 232 g/mol. The highest BCUT2D eigenvalue weighted by Crippen LogP contribution is 2.47. The lowest BCUT2D eigenvalue weighted by molar-refractivity contribution is 0.0973.